The van der Waals surface area contributed by atoms with E-state index in [1.807, 2.05) is 11.3 Å². The Balaban J connectivity index is 2.08. The molecule has 0 fully saturated rings. The number of benzene rings is 1. The average Bonchev–Trinajstić information content (AvgIpc) is 2.62. The Morgan fingerprint density at radius 3 is 2.80 bits per heavy atom. The van der Waals surface area contributed by atoms with Gasteiger partial charge in [-0.15, -0.1) is 11.3 Å². The first kappa shape index (κ1) is 10.7. The van der Waals surface area contributed by atoms with Gasteiger partial charge in [0.15, 0.2) is 0 Å². The summed E-state index contributed by atoms with van der Waals surface area (Å²) in [6, 6.07) is 8.72. The standard InChI is InChI=1S/C14H18S/c1-11(2)6-5-7-12-10-15-14-9-4-3-8-13(12)14/h3-4,8-11H,5-7H2,1-2H3. The molecule has 0 nitrogen and oxygen atoms in total. The van der Waals surface area contributed by atoms with Crippen LogP contribution in [0.3, 0.4) is 0 Å². The smallest absolute Gasteiger partial charge is 0.0345 e. The molecule has 80 valence electrons. The van der Waals surface area contributed by atoms with Crippen molar-refractivity contribution >= 4 is 21.4 Å². The molecule has 1 aromatic heterocycles. The molecule has 0 unspecified atom stereocenters. The van der Waals surface area contributed by atoms with Crippen molar-refractivity contribution in [3.8, 4) is 0 Å². The van der Waals surface area contributed by atoms with Gasteiger partial charge >= 0.3 is 0 Å². The van der Waals surface area contributed by atoms with Crippen LogP contribution in [0.1, 0.15) is 32.3 Å². The zero-order chi connectivity index (χ0) is 10.7. The summed E-state index contributed by atoms with van der Waals surface area (Å²) in [6.45, 7) is 4.59. The van der Waals surface area contributed by atoms with Crippen LogP contribution in [-0.4, -0.2) is 0 Å². The molecule has 0 aliphatic rings. The molecule has 0 atom stereocenters. The summed E-state index contributed by atoms with van der Waals surface area (Å²) in [5.41, 5.74) is 1.54. The van der Waals surface area contributed by atoms with E-state index in [-0.39, 0.29) is 0 Å². The van der Waals surface area contributed by atoms with E-state index in [2.05, 4.69) is 43.5 Å². The van der Waals surface area contributed by atoms with E-state index in [0.29, 0.717) is 0 Å². The lowest BCUT2D eigenvalue weighted by Crippen LogP contribution is -1.89. The first-order valence-corrected chi connectivity index (χ1v) is 6.60. The van der Waals surface area contributed by atoms with E-state index < -0.39 is 0 Å². The monoisotopic (exact) mass is 218 g/mol. The number of thiophene rings is 1. The van der Waals surface area contributed by atoms with E-state index in [9.17, 15) is 0 Å². The molecule has 2 rings (SSSR count). The Labute approximate surface area is 95.9 Å². The van der Waals surface area contributed by atoms with Crippen LogP contribution < -0.4 is 0 Å². The van der Waals surface area contributed by atoms with Gasteiger partial charge in [0.05, 0.1) is 0 Å². The van der Waals surface area contributed by atoms with Crippen LogP contribution in [0.2, 0.25) is 0 Å². The number of aryl methyl sites for hydroxylation is 1. The summed E-state index contributed by atoms with van der Waals surface area (Å²) in [7, 11) is 0. The zero-order valence-corrected chi connectivity index (χ0v) is 10.3. The van der Waals surface area contributed by atoms with Crippen molar-refractivity contribution in [2.24, 2.45) is 5.92 Å². The number of hydrogen-bond acceptors (Lipinski definition) is 1. The Hall–Kier alpha value is -0.820. The molecule has 0 amide bonds. The van der Waals surface area contributed by atoms with Crippen molar-refractivity contribution in [3.63, 3.8) is 0 Å². The van der Waals surface area contributed by atoms with Gasteiger partial charge in [-0.05, 0) is 41.2 Å². The fourth-order valence-electron chi connectivity index (χ4n) is 1.93. The summed E-state index contributed by atoms with van der Waals surface area (Å²) in [6.07, 6.45) is 3.89. The summed E-state index contributed by atoms with van der Waals surface area (Å²) >= 11 is 1.87. The highest BCUT2D eigenvalue weighted by Crippen LogP contribution is 2.27. The topological polar surface area (TPSA) is 0 Å². The van der Waals surface area contributed by atoms with Gasteiger partial charge in [0.25, 0.3) is 0 Å². The molecule has 2 aromatic rings. The second-order valence-electron chi connectivity index (χ2n) is 4.54. The number of rotatable bonds is 4. The van der Waals surface area contributed by atoms with Crippen molar-refractivity contribution in [2.75, 3.05) is 0 Å². The predicted molar refractivity (Wildman–Crippen MR) is 69.6 cm³/mol. The Kier molecular flexibility index (Phi) is 3.42. The van der Waals surface area contributed by atoms with Crippen molar-refractivity contribution in [3.05, 3.63) is 35.2 Å². The second-order valence-corrected chi connectivity index (χ2v) is 5.45. The predicted octanol–water partition coefficient (Wildman–Crippen LogP) is 4.88. The van der Waals surface area contributed by atoms with E-state index >= 15 is 0 Å². The van der Waals surface area contributed by atoms with Crippen LogP contribution in [-0.2, 0) is 6.42 Å². The normalized spacial score (nSPS) is 11.4. The van der Waals surface area contributed by atoms with Crippen molar-refractivity contribution < 1.29 is 0 Å². The summed E-state index contributed by atoms with van der Waals surface area (Å²) in [4.78, 5) is 0. The highest BCUT2D eigenvalue weighted by Gasteiger charge is 2.03. The van der Waals surface area contributed by atoms with Crippen molar-refractivity contribution in [1.29, 1.82) is 0 Å². The van der Waals surface area contributed by atoms with Crippen LogP contribution in [0.25, 0.3) is 10.1 Å². The van der Waals surface area contributed by atoms with Gasteiger partial charge < -0.3 is 0 Å². The van der Waals surface area contributed by atoms with Crippen LogP contribution in [0.4, 0.5) is 0 Å². The van der Waals surface area contributed by atoms with E-state index in [1.54, 1.807) is 0 Å². The third-order valence-electron chi connectivity index (χ3n) is 2.79. The third-order valence-corrected chi connectivity index (χ3v) is 3.80. The molecule has 1 aromatic carbocycles. The quantitative estimate of drug-likeness (QED) is 0.686. The average molecular weight is 218 g/mol. The Morgan fingerprint density at radius 1 is 1.20 bits per heavy atom. The first-order chi connectivity index (χ1) is 7.27. The Bertz CT molecular complexity index is 426. The SMILES string of the molecule is CC(C)CCCc1csc2ccccc12. The molecule has 1 heterocycles. The molecule has 0 N–H and O–H groups in total. The molecule has 1 heteroatoms. The molecule has 0 spiro atoms. The largest absolute Gasteiger partial charge is 0.144 e. The minimum Gasteiger partial charge on any atom is -0.144 e. The number of hydrogen-bond donors (Lipinski definition) is 0. The number of fused-ring (bicyclic) bond motifs is 1. The minimum absolute atomic E-state index is 0.829. The lowest BCUT2D eigenvalue weighted by atomic mass is 10.0. The maximum absolute atomic E-state index is 2.32. The van der Waals surface area contributed by atoms with Gasteiger partial charge in [0.1, 0.15) is 0 Å². The molecule has 0 saturated heterocycles. The van der Waals surface area contributed by atoms with E-state index in [4.69, 9.17) is 0 Å². The fourth-order valence-corrected chi connectivity index (χ4v) is 2.92. The van der Waals surface area contributed by atoms with Gasteiger partial charge in [-0.25, -0.2) is 0 Å². The molecule has 0 aliphatic heterocycles. The highest BCUT2D eigenvalue weighted by atomic mass is 32.1. The van der Waals surface area contributed by atoms with Crippen LogP contribution in [0.5, 0.6) is 0 Å². The van der Waals surface area contributed by atoms with Gasteiger partial charge in [-0.3, -0.25) is 0 Å². The zero-order valence-electron chi connectivity index (χ0n) is 9.49. The Morgan fingerprint density at radius 2 is 2.00 bits per heavy atom. The van der Waals surface area contributed by atoms with E-state index in [0.717, 1.165) is 5.92 Å². The molecule has 0 saturated carbocycles. The fraction of sp³-hybridized carbons (Fsp3) is 0.429. The first-order valence-electron chi connectivity index (χ1n) is 5.72. The maximum Gasteiger partial charge on any atom is 0.0345 e. The van der Waals surface area contributed by atoms with Gasteiger partial charge in [-0.1, -0.05) is 38.5 Å². The van der Waals surface area contributed by atoms with Crippen LogP contribution >= 0.6 is 11.3 Å². The maximum atomic E-state index is 2.32. The van der Waals surface area contributed by atoms with Gasteiger partial charge in [-0.2, -0.15) is 0 Å². The lowest BCUT2D eigenvalue weighted by Gasteiger charge is -2.03. The summed E-state index contributed by atoms with van der Waals surface area (Å²) < 4.78 is 1.43. The molecular formula is C14H18S. The summed E-state index contributed by atoms with van der Waals surface area (Å²) in [5, 5.41) is 3.79. The van der Waals surface area contributed by atoms with Crippen molar-refractivity contribution in [1.82, 2.24) is 0 Å². The van der Waals surface area contributed by atoms with Crippen LogP contribution in [0.15, 0.2) is 29.6 Å². The van der Waals surface area contributed by atoms with Gasteiger partial charge in [0, 0.05) is 4.70 Å². The molecule has 0 aliphatic carbocycles. The summed E-state index contributed by atoms with van der Waals surface area (Å²) in [5.74, 6) is 0.829. The molecule has 15 heavy (non-hydrogen) atoms. The molecular weight excluding hydrogens is 200 g/mol. The molecule has 0 radical (unpaired) electrons. The van der Waals surface area contributed by atoms with E-state index in [1.165, 1.54) is 34.9 Å². The van der Waals surface area contributed by atoms with Gasteiger partial charge in [0.2, 0.25) is 0 Å². The lowest BCUT2D eigenvalue weighted by molar-refractivity contribution is 0.557. The molecule has 0 bridgehead atoms. The second kappa shape index (κ2) is 4.80. The van der Waals surface area contributed by atoms with Crippen LogP contribution in [0, 0.1) is 5.92 Å². The minimum atomic E-state index is 0.829. The third kappa shape index (κ3) is 2.60. The highest BCUT2D eigenvalue weighted by molar-refractivity contribution is 7.17. The van der Waals surface area contributed by atoms with Crippen molar-refractivity contribution in [2.45, 2.75) is 33.1 Å².